The molecule has 1 fully saturated rings. The molecule has 1 aliphatic heterocycles. The van der Waals surface area contributed by atoms with Crippen LogP contribution < -0.4 is 15.4 Å². The average Bonchev–Trinajstić information content (AvgIpc) is 3.24. The van der Waals surface area contributed by atoms with Crippen LogP contribution in [0.3, 0.4) is 0 Å². The smallest absolute Gasteiger partial charge is 0.191 e. The first-order valence-electron chi connectivity index (χ1n) is 10.1. The van der Waals surface area contributed by atoms with Gasteiger partial charge in [0.1, 0.15) is 5.75 Å². The third kappa shape index (κ3) is 6.58. The lowest BCUT2D eigenvalue weighted by molar-refractivity contribution is 0.125. The number of para-hydroxylation sites is 1. The molecule has 2 heterocycles. The molecule has 29 heavy (non-hydrogen) atoms. The second-order valence-corrected chi connectivity index (χ2v) is 8.17. The molecule has 1 aliphatic rings. The van der Waals surface area contributed by atoms with Gasteiger partial charge >= 0.3 is 0 Å². The van der Waals surface area contributed by atoms with Gasteiger partial charge in [0.05, 0.1) is 6.61 Å². The Labute approximate surface area is 196 Å². The monoisotopic (exact) mass is 528 g/mol. The highest BCUT2D eigenvalue weighted by molar-refractivity contribution is 14.0. The Morgan fingerprint density at radius 1 is 1.24 bits per heavy atom. The number of hydrogen-bond acceptors (Lipinski definition) is 4. The van der Waals surface area contributed by atoms with Crippen molar-refractivity contribution in [1.82, 2.24) is 15.5 Å². The molecule has 160 valence electrons. The summed E-state index contributed by atoms with van der Waals surface area (Å²) in [6, 6.07) is 13.1. The van der Waals surface area contributed by atoms with Crippen LogP contribution in [0.4, 0.5) is 0 Å². The van der Waals surface area contributed by atoms with Crippen LogP contribution in [0.1, 0.15) is 36.2 Å². The number of hydrogen-bond donors (Lipinski definition) is 2. The zero-order valence-electron chi connectivity index (χ0n) is 17.6. The van der Waals surface area contributed by atoms with E-state index in [1.54, 1.807) is 0 Å². The number of guanidine groups is 1. The summed E-state index contributed by atoms with van der Waals surface area (Å²) in [5.74, 6) is 2.34. The summed E-state index contributed by atoms with van der Waals surface area (Å²) in [6.45, 7) is 5.45. The molecule has 2 N–H and O–H groups in total. The lowest BCUT2D eigenvalue weighted by Crippen LogP contribution is -2.44. The zero-order chi connectivity index (χ0) is 19.8. The first-order chi connectivity index (χ1) is 13.7. The molecule has 0 radical (unpaired) electrons. The van der Waals surface area contributed by atoms with Gasteiger partial charge in [-0.2, -0.15) is 0 Å². The van der Waals surface area contributed by atoms with Crippen molar-refractivity contribution in [3.8, 4) is 5.75 Å². The van der Waals surface area contributed by atoms with Gasteiger partial charge in [-0.1, -0.05) is 24.3 Å². The zero-order valence-corrected chi connectivity index (χ0v) is 20.7. The van der Waals surface area contributed by atoms with Gasteiger partial charge in [0.15, 0.2) is 5.96 Å². The summed E-state index contributed by atoms with van der Waals surface area (Å²) >= 11 is 1.86. The fourth-order valence-electron chi connectivity index (χ4n) is 3.96. The van der Waals surface area contributed by atoms with Crippen molar-refractivity contribution in [3.05, 3.63) is 52.2 Å². The molecule has 0 spiro atoms. The van der Waals surface area contributed by atoms with Crippen LogP contribution in [0.15, 0.2) is 46.8 Å². The predicted molar refractivity (Wildman–Crippen MR) is 134 cm³/mol. The molecule has 1 saturated heterocycles. The van der Waals surface area contributed by atoms with Gasteiger partial charge in [-0.15, -0.1) is 35.3 Å². The lowest BCUT2D eigenvalue weighted by Gasteiger charge is -2.39. The number of halogens is 1. The van der Waals surface area contributed by atoms with Crippen LogP contribution >= 0.6 is 35.3 Å². The highest BCUT2D eigenvalue weighted by atomic mass is 127. The molecule has 0 bridgehead atoms. The molecule has 7 heteroatoms. The molecule has 0 aliphatic carbocycles. The van der Waals surface area contributed by atoms with E-state index in [0.29, 0.717) is 25.1 Å². The molecule has 1 aromatic heterocycles. The van der Waals surface area contributed by atoms with Crippen LogP contribution in [-0.2, 0) is 6.54 Å². The number of nitrogens with zero attached hydrogens (tertiary/aromatic N) is 2. The molecule has 5 nitrogen and oxygen atoms in total. The highest BCUT2D eigenvalue weighted by Crippen LogP contribution is 2.36. The minimum Gasteiger partial charge on any atom is -0.494 e. The van der Waals surface area contributed by atoms with E-state index in [1.807, 2.05) is 43.5 Å². The number of likely N-dealkylation sites (tertiary alicyclic amines) is 1. The largest absolute Gasteiger partial charge is 0.494 e. The van der Waals surface area contributed by atoms with Crippen molar-refractivity contribution in [2.24, 2.45) is 10.9 Å². The molecule has 0 saturated carbocycles. The molecule has 2 aromatic rings. The van der Waals surface area contributed by atoms with Gasteiger partial charge in [0.2, 0.25) is 0 Å². The van der Waals surface area contributed by atoms with Crippen LogP contribution in [0.25, 0.3) is 0 Å². The number of nitrogens with one attached hydrogen (secondary N) is 2. The van der Waals surface area contributed by atoms with Gasteiger partial charge < -0.3 is 15.4 Å². The molecule has 1 aromatic carbocycles. The van der Waals surface area contributed by atoms with Crippen LogP contribution in [-0.4, -0.2) is 44.7 Å². The molecule has 0 amide bonds. The van der Waals surface area contributed by atoms with E-state index >= 15 is 0 Å². The van der Waals surface area contributed by atoms with E-state index in [1.165, 1.54) is 24.3 Å². The highest BCUT2D eigenvalue weighted by Gasteiger charge is 2.31. The Kier molecular flexibility index (Phi) is 10.2. The van der Waals surface area contributed by atoms with E-state index in [-0.39, 0.29) is 24.0 Å². The summed E-state index contributed by atoms with van der Waals surface area (Å²) < 4.78 is 5.72. The second-order valence-electron chi connectivity index (χ2n) is 7.19. The third-order valence-corrected chi connectivity index (χ3v) is 6.26. The maximum Gasteiger partial charge on any atom is 0.191 e. The number of thiophene rings is 1. The van der Waals surface area contributed by atoms with Gasteiger partial charge in [-0.25, -0.2) is 0 Å². The Hall–Kier alpha value is -1.32. The standard InChI is InChI=1S/C22H32N4OS.HI/c1-4-27-19-11-6-5-9-17(19)15-24-22(23-2)25-16-18-10-7-13-26(3)21(18)20-12-8-14-28-20;/h5-6,8-9,11-12,14,18,21H,4,7,10,13,15-16H2,1-3H3,(H2,23,24,25);1H. The van der Waals surface area contributed by atoms with Gasteiger partial charge in [0.25, 0.3) is 0 Å². The average molecular weight is 529 g/mol. The summed E-state index contributed by atoms with van der Waals surface area (Å²) in [6.07, 6.45) is 2.49. The van der Waals surface area contributed by atoms with Gasteiger partial charge in [0, 0.05) is 36.6 Å². The number of rotatable bonds is 7. The maximum absolute atomic E-state index is 5.72. The molecule has 2 unspecified atom stereocenters. The minimum atomic E-state index is 0. The summed E-state index contributed by atoms with van der Waals surface area (Å²) in [4.78, 5) is 8.37. The van der Waals surface area contributed by atoms with Crippen molar-refractivity contribution in [2.75, 3.05) is 33.8 Å². The van der Waals surface area contributed by atoms with Crippen LogP contribution in [0.2, 0.25) is 0 Å². The Morgan fingerprint density at radius 3 is 2.79 bits per heavy atom. The lowest BCUT2D eigenvalue weighted by atomic mass is 9.88. The first-order valence-corrected chi connectivity index (χ1v) is 11.0. The SMILES string of the molecule is CCOc1ccccc1CNC(=NC)NCC1CCCN(C)C1c1cccs1.I. The fourth-order valence-corrected chi connectivity index (χ4v) is 4.94. The van der Waals surface area contributed by atoms with Gasteiger partial charge in [-0.3, -0.25) is 9.89 Å². The Morgan fingerprint density at radius 2 is 2.07 bits per heavy atom. The number of benzene rings is 1. The van der Waals surface area contributed by atoms with Crippen molar-refractivity contribution in [2.45, 2.75) is 32.4 Å². The van der Waals surface area contributed by atoms with E-state index in [2.05, 4.69) is 51.2 Å². The maximum atomic E-state index is 5.72. The van der Waals surface area contributed by atoms with E-state index in [0.717, 1.165) is 23.8 Å². The van der Waals surface area contributed by atoms with Crippen molar-refractivity contribution in [1.29, 1.82) is 0 Å². The summed E-state index contributed by atoms with van der Waals surface area (Å²) in [7, 11) is 4.07. The van der Waals surface area contributed by atoms with Crippen molar-refractivity contribution < 1.29 is 4.74 Å². The number of piperidine rings is 1. The fraction of sp³-hybridized carbons (Fsp3) is 0.500. The third-order valence-electron chi connectivity index (χ3n) is 5.32. The predicted octanol–water partition coefficient (Wildman–Crippen LogP) is 4.51. The molecular weight excluding hydrogens is 495 g/mol. The van der Waals surface area contributed by atoms with Crippen LogP contribution in [0.5, 0.6) is 5.75 Å². The minimum absolute atomic E-state index is 0. The van der Waals surface area contributed by atoms with E-state index < -0.39 is 0 Å². The molecule has 2 atom stereocenters. The second kappa shape index (κ2) is 12.4. The van der Waals surface area contributed by atoms with E-state index in [9.17, 15) is 0 Å². The van der Waals surface area contributed by atoms with E-state index in [4.69, 9.17) is 4.74 Å². The molecule has 3 rings (SSSR count). The topological polar surface area (TPSA) is 48.9 Å². The van der Waals surface area contributed by atoms with Crippen molar-refractivity contribution in [3.63, 3.8) is 0 Å². The summed E-state index contributed by atoms with van der Waals surface area (Å²) in [5, 5.41) is 9.16. The number of ether oxygens (including phenoxy) is 1. The van der Waals surface area contributed by atoms with Crippen molar-refractivity contribution >= 4 is 41.3 Å². The first kappa shape index (κ1) is 24.0. The molecular formula is C22H33IN4OS. The Bertz CT molecular complexity index is 753. The van der Waals surface area contributed by atoms with Crippen LogP contribution in [0, 0.1) is 5.92 Å². The Balaban J connectivity index is 0.00000300. The van der Waals surface area contributed by atoms with Gasteiger partial charge in [-0.05, 0) is 56.8 Å². The quantitative estimate of drug-likeness (QED) is 0.316. The number of aliphatic imine (C=N–C) groups is 1. The normalized spacial score (nSPS) is 20.0. The summed E-state index contributed by atoms with van der Waals surface area (Å²) in [5.41, 5.74) is 1.14.